The number of hydrogen-bond acceptors (Lipinski definition) is 5. The third kappa shape index (κ3) is 3.07. The first-order valence-corrected chi connectivity index (χ1v) is 10.9. The first-order chi connectivity index (χ1) is 15.7. The van der Waals surface area contributed by atoms with E-state index in [-0.39, 0.29) is 23.4 Å². The second-order valence-electron chi connectivity index (χ2n) is 8.77. The summed E-state index contributed by atoms with van der Waals surface area (Å²) in [7, 11) is 0. The number of aromatic nitrogens is 1. The molecule has 11 heteroatoms. The number of hydrogen-bond donors (Lipinski definition) is 3. The number of aliphatic hydroxyl groups is 1. The molecule has 174 valence electrons. The molecule has 5 rings (SSSR count). The monoisotopic (exact) mass is 479 g/mol. The van der Waals surface area contributed by atoms with Gasteiger partial charge in [0.2, 0.25) is 5.43 Å². The zero-order valence-corrected chi connectivity index (χ0v) is 18.1. The van der Waals surface area contributed by atoms with Gasteiger partial charge in [0.25, 0.3) is 11.8 Å². The quantitative estimate of drug-likeness (QED) is 0.584. The van der Waals surface area contributed by atoms with E-state index in [1.807, 2.05) is 0 Å². The topological polar surface area (TPSA) is 112 Å². The number of nitrogens with zero attached hydrogens (tertiary/aromatic N) is 2. The zero-order valence-electron chi connectivity index (χ0n) is 17.3. The number of carbonyl (C=O) groups is 2. The summed E-state index contributed by atoms with van der Waals surface area (Å²) in [6.45, 7) is 0.374. The lowest BCUT2D eigenvalue weighted by atomic mass is 9.88. The Balaban J connectivity index is 1.60. The Labute approximate surface area is 191 Å². The van der Waals surface area contributed by atoms with E-state index in [0.29, 0.717) is 19.5 Å². The predicted octanol–water partition coefficient (Wildman–Crippen LogP) is 2.19. The summed E-state index contributed by atoms with van der Waals surface area (Å²) in [4.78, 5) is 40.6. The summed E-state index contributed by atoms with van der Waals surface area (Å²) < 4.78 is 29.1. The standard InChI is InChI=1S/C22H20ClF2N3O5/c23-14-11(24)4-3-10(15(14)25)8-26-20(32)13-16-12(29)7-22-5-1-2-6-27(9-22)21(33)17(28(16)22)19(31)18(13)30/h3-4,12,29,31H,1-2,5-9H2,(H,26,32)/t12-,22-/m1/s1. The van der Waals surface area contributed by atoms with Gasteiger partial charge in [-0.15, -0.1) is 0 Å². The van der Waals surface area contributed by atoms with Crippen molar-refractivity contribution < 1.29 is 28.6 Å². The van der Waals surface area contributed by atoms with Crippen LogP contribution in [0.2, 0.25) is 5.02 Å². The van der Waals surface area contributed by atoms with Gasteiger partial charge in [0.05, 0.1) is 17.3 Å². The molecule has 1 fully saturated rings. The van der Waals surface area contributed by atoms with Crippen LogP contribution < -0.4 is 10.7 Å². The number of carbonyl (C=O) groups excluding carboxylic acids is 2. The van der Waals surface area contributed by atoms with E-state index in [9.17, 15) is 33.4 Å². The molecule has 2 bridgehead atoms. The minimum absolute atomic E-state index is 0.0298. The predicted molar refractivity (Wildman–Crippen MR) is 112 cm³/mol. The van der Waals surface area contributed by atoms with Crippen molar-refractivity contribution in [1.82, 2.24) is 14.8 Å². The van der Waals surface area contributed by atoms with Crippen molar-refractivity contribution in [2.45, 2.75) is 43.9 Å². The summed E-state index contributed by atoms with van der Waals surface area (Å²) in [6.07, 6.45) is 1.11. The summed E-state index contributed by atoms with van der Waals surface area (Å²) in [5, 5.41) is 23.2. The normalized spacial score (nSPS) is 23.3. The number of aromatic hydroxyl groups is 1. The highest BCUT2D eigenvalue weighted by molar-refractivity contribution is 6.30. The SMILES string of the molecule is O=C(NCc1ccc(F)c(Cl)c1F)c1c2n3c(c(O)c1=O)C(=O)N1CCCC[C@@]3(C[C@H]2O)C1. The van der Waals surface area contributed by atoms with Crippen molar-refractivity contribution >= 4 is 23.4 Å². The van der Waals surface area contributed by atoms with Gasteiger partial charge in [-0.05, 0) is 25.3 Å². The van der Waals surface area contributed by atoms with Crippen LogP contribution in [0, 0.1) is 11.6 Å². The summed E-state index contributed by atoms with van der Waals surface area (Å²) >= 11 is 5.57. The Kier molecular flexibility index (Phi) is 4.98. The Morgan fingerprint density at radius 2 is 2.03 bits per heavy atom. The fourth-order valence-corrected chi connectivity index (χ4v) is 5.55. The molecule has 2 atom stereocenters. The lowest BCUT2D eigenvalue weighted by molar-refractivity contribution is 0.0549. The number of fused-ring (bicyclic) bond motifs is 1. The number of benzene rings is 1. The van der Waals surface area contributed by atoms with Crippen LogP contribution in [0.5, 0.6) is 5.75 Å². The van der Waals surface area contributed by atoms with Crippen molar-refractivity contribution in [3.63, 3.8) is 0 Å². The molecule has 1 aromatic carbocycles. The van der Waals surface area contributed by atoms with Crippen LogP contribution >= 0.6 is 11.6 Å². The molecule has 4 heterocycles. The molecule has 2 amide bonds. The molecule has 3 N–H and O–H groups in total. The lowest BCUT2D eigenvalue weighted by Crippen LogP contribution is -2.52. The summed E-state index contributed by atoms with van der Waals surface area (Å²) in [6, 6.07) is 2.05. The van der Waals surface area contributed by atoms with Gasteiger partial charge in [-0.25, -0.2) is 8.78 Å². The number of pyridine rings is 1. The molecule has 0 saturated carbocycles. The van der Waals surface area contributed by atoms with Gasteiger partial charge in [0, 0.05) is 31.6 Å². The molecule has 1 spiro atoms. The minimum atomic E-state index is -1.21. The van der Waals surface area contributed by atoms with Crippen molar-refractivity contribution in [1.29, 1.82) is 0 Å². The van der Waals surface area contributed by atoms with Crippen molar-refractivity contribution in [2.75, 3.05) is 13.1 Å². The molecule has 0 unspecified atom stereocenters. The second kappa shape index (κ2) is 7.53. The third-order valence-corrected chi connectivity index (χ3v) is 7.17. The number of nitrogens with one attached hydrogen (secondary N) is 1. The fraction of sp³-hybridized carbons (Fsp3) is 0.409. The molecule has 0 radical (unpaired) electrons. The maximum atomic E-state index is 14.2. The molecule has 3 aliphatic heterocycles. The van der Waals surface area contributed by atoms with E-state index >= 15 is 0 Å². The van der Waals surface area contributed by atoms with Gasteiger partial charge in [-0.1, -0.05) is 17.7 Å². The zero-order chi connectivity index (χ0) is 23.7. The largest absolute Gasteiger partial charge is 0.503 e. The van der Waals surface area contributed by atoms with E-state index in [0.717, 1.165) is 25.0 Å². The Morgan fingerprint density at radius 3 is 2.79 bits per heavy atom. The minimum Gasteiger partial charge on any atom is -0.503 e. The average Bonchev–Trinajstić information content (AvgIpc) is 2.93. The molecule has 8 nitrogen and oxygen atoms in total. The first kappa shape index (κ1) is 21.8. The van der Waals surface area contributed by atoms with Gasteiger partial charge in [0.1, 0.15) is 22.2 Å². The first-order valence-electron chi connectivity index (χ1n) is 10.6. The maximum Gasteiger partial charge on any atom is 0.274 e. The van der Waals surface area contributed by atoms with E-state index in [2.05, 4.69) is 5.32 Å². The number of rotatable bonds is 3. The van der Waals surface area contributed by atoms with Gasteiger partial charge in [-0.3, -0.25) is 14.4 Å². The molecular formula is C22H20ClF2N3O5. The van der Waals surface area contributed by atoms with Crippen LogP contribution in [-0.2, 0) is 12.1 Å². The number of aliphatic hydroxyl groups excluding tert-OH is 1. The van der Waals surface area contributed by atoms with Crippen LogP contribution in [0.3, 0.4) is 0 Å². The number of halogens is 3. The molecule has 33 heavy (non-hydrogen) atoms. The molecule has 2 aromatic rings. The third-order valence-electron chi connectivity index (χ3n) is 6.83. The fourth-order valence-electron chi connectivity index (χ4n) is 5.36. The Morgan fingerprint density at radius 1 is 1.27 bits per heavy atom. The van der Waals surface area contributed by atoms with Crippen LogP contribution in [0.15, 0.2) is 16.9 Å². The van der Waals surface area contributed by atoms with Crippen LogP contribution in [0.25, 0.3) is 0 Å². The maximum absolute atomic E-state index is 14.2. The van der Waals surface area contributed by atoms with Crippen LogP contribution in [0.1, 0.15) is 63.9 Å². The molecule has 1 saturated heterocycles. The molecular weight excluding hydrogens is 460 g/mol. The van der Waals surface area contributed by atoms with Gasteiger partial charge >= 0.3 is 0 Å². The van der Waals surface area contributed by atoms with Gasteiger partial charge in [-0.2, -0.15) is 0 Å². The Hall–Kier alpha value is -2.98. The van der Waals surface area contributed by atoms with E-state index in [1.54, 1.807) is 4.90 Å². The van der Waals surface area contributed by atoms with Gasteiger partial charge < -0.3 is 25.0 Å². The average molecular weight is 480 g/mol. The molecule has 0 aliphatic carbocycles. The highest BCUT2D eigenvalue weighted by Crippen LogP contribution is 2.49. The second-order valence-corrected chi connectivity index (χ2v) is 9.15. The van der Waals surface area contributed by atoms with Crippen molar-refractivity contribution in [2.24, 2.45) is 0 Å². The van der Waals surface area contributed by atoms with Crippen molar-refractivity contribution in [3.8, 4) is 5.75 Å². The van der Waals surface area contributed by atoms with Crippen molar-refractivity contribution in [3.05, 3.63) is 61.5 Å². The van der Waals surface area contributed by atoms with Gasteiger partial charge in [0.15, 0.2) is 11.4 Å². The van der Waals surface area contributed by atoms with E-state index in [4.69, 9.17) is 11.6 Å². The molecule has 3 aliphatic rings. The summed E-state index contributed by atoms with van der Waals surface area (Å²) in [5.74, 6) is -4.33. The number of amides is 2. The molecule has 1 aromatic heterocycles. The Bertz CT molecular complexity index is 1280. The summed E-state index contributed by atoms with van der Waals surface area (Å²) in [5.41, 5.74) is -2.67. The van der Waals surface area contributed by atoms with E-state index in [1.165, 1.54) is 4.57 Å². The van der Waals surface area contributed by atoms with Crippen LogP contribution in [0.4, 0.5) is 8.78 Å². The highest BCUT2D eigenvalue weighted by Gasteiger charge is 2.53. The lowest BCUT2D eigenvalue weighted by Gasteiger charge is -2.41. The highest BCUT2D eigenvalue weighted by atomic mass is 35.5. The van der Waals surface area contributed by atoms with E-state index < -0.39 is 63.4 Å². The van der Waals surface area contributed by atoms with Crippen LogP contribution in [-0.4, -0.2) is 44.6 Å². The smallest absolute Gasteiger partial charge is 0.274 e.